The first-order valence-corrected chi connectivity index (χ1v) is 2.51. The van der Waals surface area contributed by atoms with Gasteiger partial charge in [-0.1, -0.05) is 0 Å². The molecule has 0 fully saturated rings. The topological polar surface area (TPSA) is 40.2 Å². The molecule has 46 valence electrons. The zero-order valence-electron chi connectivity index (χ0n) is 5.03. The van der Waals surface area contributed by atoms with Crippen LogP contribution in [0, 0.1) is 11.5 Å². The van der Waals surface area contributed by atoms with Crippen LogP contribution in [0.3, 0.4) is 0 Å². The number of furan rings is 1. The summed E-state index contributed by atoms with van der Waals surface area (Å²) in [5.41, 5.74) is 0. The maximum Gasteiger partial charge on any atom is 0.207 e. The number of rotatable bonds is 1. The van der Waals surface area contributed by atoms with Crippen molar-refractivity contribution in [2.24, 2.45) is 0 Å². The maximum absolute atomic E-state index is 8.32. The van der Waals surface area contributed by atoms with Crippen molar-refractivity contribution in [2.75, 3.05) is 11.9 Å². The molecule has 0 unspecified atom stereocenters. The molecule has 1 aromatic heterocycles. The predicted molar refractivity (Wildman–Crippen MR) is 32.7 cm³/mol. The Morgan fingerprint density at radius 1 is 1.78 bits per heavy atom. The van der Waals surface area contributed by atoms with Crippen LogP contribution in [0.4, 0.5) is 5.88 Å². The zero-order chi connectivity index (χ0) is 6.69. The summed E-state index contributed by atoms with van der Waals surface area (Å²) in [6.07, 6.45) is 3.44. The van der Waals surface area contributed by atoms with Crippen LogP contribution in [-0.4, -0.2) is 7.05 Å². The van der Waals surface area contributed by atoms with Gasteiger partial charge in [0.15, 0.2) is 6.19 Å². The van der Waals surface area contributed by atoms with Crippen molar-refractivity contribution in [1.82, 2.24) is 0 Å². The Labute approximate surface area is 53.1 Å². The van der Waals surface area contributed by atoms with E-state index in [2.05, 4.69) is 0 Å². The summed E-state index contributed by atoms with van der Waals surface area (Å²) in [6, 6.07) is 3.46. The summed E-state index contributed by atoms with van der Waals surface area (Å²) >= 11 is 0. The van der Waals surface area contributed by atoms with Crippen LogP contribution < -0.4 is 4.90 Å². The third-order valence-corrected chi connectivity index (χ3v) is 0.987. The molecule has 0 saturated heterocycles. The molecule has 1 rings (SSSR count). The van der Waals surface area contributed by atoms with Crippen molar-refractivity contribution in [3.8, 4) is 6.19 Å². The molecular weight excluding hydrogens is 116 g/mol. The van der Waals surface area contributed by atoms with Gasteiger partial charge in [-0.25, -0.2) is 0 Å². The molecule has 1 heterocycles. The van der Waals surface area contributed by atoms with Crippen molar-refractivity contribution in [1.29, 1.82) is 5.26 Å². The second-order valence-electron chi connectivity index (χ2n) is 1.61. The Morgan fingerprint density at radius 2 is 2.56 bits per heavy atom. The second kappa shape index (κ2) is 2.23. The van der Waals surface area contributed by atoms with E-state index in [-0.39, 0.29) is 0 Å². The lowest BCUT2D eigenvalue weighted by atomic mass is 10.6. The summed E-state index contributed by atoms with van der Waals surface area (Å²) in [5.74, 6) is 0.567. The monoisotopic (exact) mass is 122 g/mol. The Morgan fingerprint density at radius 3 is 3.00 bits per heavy atom. The van der Waals surface area contributed by atoms with E-state index in [4.69, 9.17) is 9.68 Å². The Kier molecular flexibility index (Phi) is 1.41. The highest BCUT2D eigenvalue weighted by atomic mass is 16.3. The van der Waals surface area contributed by atoms with Crippen LogP contribution in [0.1, 0.15) is 0 Å². The van der Waals surface area contributed by atoms with Crippen molar-refractivity contribution in [3.63, 3.8) is 0 Å². The quantitative estimate of drug-likeness (QED) is 0.415. The lowest BCUT2D eigenvalue weighted by molar-refractivity contribution is 0.570. The predicted octanol–water partition coefficient (Wildman–Crippen LogP) is 1.20. The number of anilines is 1. The van der Waals surface area contributed by atoms with Gasteiger partial charge in [0.2, 0.25) is 5.88 Å². The van der Waals surface area contributed by atoms with Gasteiger partial charge in [0, 0.05) is 13.1 Å². The summed E-state index contributed by atoms with van der Waals surface area (Å²) < 4.78 is 4.89. The van der Waals surface area contributed by atoms with Gasteiger partial charge < -0.3 is 4.42 Å². The lowest BCUT2D eigenvalue weighted by Crippen LogP contribution is -2.05. The Hall–Kier alpha value is -1.43. The number of nitriles is 1. The molecule has 0 aliphatic heterocycles. The minimum atomic E-state index is 0.567. The lowest BCUT2D eigenvalue weighted by Gasteiger charge is -2.00. The number of nitrogens with zero attached hydrogens (tertiary/aromatic N) is 2. The first-order chi connectivity index (χ1) is 4.34. The van der Waals surface area contributed by atoms with Gasteiger partial charge in [0.1, 0.15) is 0 Å². The highest BCUT2D eigenvalue weighted by Crippen LogP contribution is 2.09. The van der Waals surface area contributed by atoms with Gasteiger partial charge in [0.25, 0.3) is 0 Å². The average molecular weight is 122 g/mol. The fraction of sp³-hybridized carbons (Fsp3) is 0.167. The number of hydrogen-bond donors (Lipinski definition) is 0. The van der Waals surface area contributed by atoms with Gasteiger partial charge in [-0.2, -0.15) is 5.26 Å². The standard InChI is InChI=1S/C6H6N2O/c1-8(5-7)6-3-2-4-9-6/h2-4H,1H3. The molecule has 9 heavy (non-hydrogen) atoms. The van der Waals surface area contributed by atoms with Gasteiger partial charge in [0.05, 0.1) is 6.26 Å². The van der Waals surface area contributed by atoms with E-state index >= 15 is 0 Å². The molecular formula is C6H6N2O. The van der Waals surface area contributed by atoms with Crippen molar-refractivity contribution < 1.29 is 4.42 Å². The summed E-state index contributed by atoms with van der Waals surface area (Å²) in [6.45, 7) is 0. The molecule has 0 N–H and O–H groups in total. The van der Waals surface area contributed by atoms with Gasteiger partial charge in [-0.05, 0) is 6.07 Å². The van der Waals surface area contributed by atoms with Crippen LogP contribution in [0.15, 0.2) is 22.8 Å². The molecule has 0 saturated carbocycles. The number of hydrogen-bond acceptors (Lipinski definition) is 3. The Bertz CT molecular complexity index is 209. The SMILES string of the molecule is CN(C#N)c1ccco1. The molecule has 3 nitrogen and oxygen atoms in total. The van der Waals surface area contributed by atoms with Crippen molar-refractivity contribution in [3.05, 3.63) is 18.4 Å². The largest absolute Gasteiger partial charge is 0.448 e. The smallest absolute Gasteiger partial charge is 0.207 e. The molecule has 0 atom stereocenters. The molecule has 3 heteroatoms. The molecule has 0 bridgehead atoms. The Balaban J connectivity index is 2.80. The van der Waals surface area contributed by atoms with E-state index in [1.807, 2.05) is 6.19 Å². The minimum Gasteiger partial charge on any atom is -0.448 e. The third-order valence-electron chi connectivity index (χ3n) is 0.987. The zero-order valence-corrected chi connectivity index (χ0v) is 5.03. The second-order valence-corrected chi connectivity index (χ2v) is 1.61. The van der Waals surface area contributed by atoms with Gasteiger partial charge >= 0.3 is 0 Å². The first-order valence-electron chi connectivity index (χ1n) is 2.51. The van der Waals surface area contributed by atoms with E-state index in [0.29, 0.717) is 5.88 Å². The van der Waals surface area contributed by atoms with Crippen LogP contribution >= 0.6 is 0 Å². The fourth-order valence-corrected chi connectivity index (χ4v) is 0.510. The van der Waals surface area contributed by atoms with Crippen molar-refractivity contribution >= 4 is 5.88 Å². The molecule has 0 amide bonds. The average Bonchev–Trinajstić information content (AvgIpc) is 2.37. The van der Waals surface area contributed by atoms with E-state index in [1.54, 1.807) is 19.2 Å². The molecule has 1 aromatic rings. The van der Waals surface area contributed by atoms with Crippen LogP contribution in [0.25, 0.3) is 0 Å². The molecule has 0 radical (unpaired) electrons. The van der Waals surface area contributed by atoms with Crippen LogP contribution in [-0.2, 0) is 0 Å². The van der Waals surface area contributed by atoms with Crippen LogP contribution in [0.2, 0.25) is 0 Å². The first kappa shape index (κ1) is 5.70. The third kappa shape index (κ3) is 1.03. The fourth-order valence-electron chi connectivity index (χ4n) is 0.510. The normalized spacial score (nSPS) is 8.44. The van der Waals surface area contributed by atoms with E-state index < -0.39 is 0 Å². The van der Waals surface area contributed by atoms with Crippen LogP contribution in [0.5, 0.6) is 0 Å². The van der Waals surface area contributed by atoms with E-state index in [9.17, 15) is 0 Å². The molecule has 0 aliphatic rings. The van der Waals surface area contributed by atoms with Crippen molar-refractivity contribution in [2.45, 2.75) is 0 Å². The highest BCUT2D eigenvalue weighted by Gasteiger charge is 1.97. The molecule has 0 spiro atoms. The highest BCUT2D eigenvalue weighted by molar-refractivity contribution is 5.38. The van der Waals surface area contributed by atoms with Gasteiger partial charge in [-0.3, -0.25) is 4.90 Å². The molecule has 0 aromatic carbocycles. The summed E-state index contributed by atoms with van der Waals surface area (Å²) in [5, 5.41) is 8.32. The molecule has 0 aliphatic carbocycles. The van der Waals surface area contributed by atoms with Gasteiger partial charge in [-0.15, -0.1) is 0 Å². The summed E-state index contributed by atoms with van der Waals surface area (Å²) in [7, 11) is 1.64. The maximum atomic E-state index is 8.32. The minimum absolute atomic E-state index is 0.567. The van der Waals surface area contributed by atoms with E-state index in [1.165, 1.54) is 11.2 Å². The summed E-state index contributed by atoms with van der Waals surface area (Å²) in [4.78, 5) is 1.35. The van der Waals surface area contributed by atoms with E-state index in [0.717, 1.165) is 0 Å².